The molecule has 112 valence electrons. The minimum atomic E-state index is 0.475. The van der Waals surface area contributed by atoms with Crippen molar-refractivity contribution in [3.8, 4) is 0 Å². The summed E-state index contributed by atoms with van der Waals surface area (Å²) in [6, 6.07) is 2.90. The largest absolute Gasteiger partial charge is 0.383 e. The number of aromatic nitrogens is 2. The van der Waals surface area contributed by atoms with Crippen molar-refractivity contribution < 1.29 is 4.74 Å². The number of hydrogen-bond acceptors (Lipinski definition) is 3. The SMILES string of the molecule is COCCNCC1(Cc2ccn(C3CCCC3)n2)CC1. The van der Waals surface area contributed by atoms with Crippen molar-refractivity contribution in [2.75, 3.05) is 26.8 Å². The normalized spacial score (nSPS) is 21.4. The van der Waals surface area contributed by atoms with Gasteiger partial charge in [0.2, 0.25) is 0 Å². The zero-order valence-electron chi connectivity index (χ0n) is 12.6. The first-order valence-corrected chi connectivity index (χ1v) is 8.05. The number of hydrogen-bond donors (Lipinski definition) is 1. The van der Waals surface area contributed by atoms with Gasteiger partial charge in [-0.2, -0.15) is 5.10 Å². The van der Waals surface area contributed by atoms with Crippen LogP contribution in [0, 0.1) is 5.41 Å². The zero-order valence-corrected chi connectivity index (χ0v) is 12.6. The molecule has 2 fully saturated rings. The minimum absolute atomic E-state index is 0.475. The molecule has 2 saturated carbocycles. The molecule has 4 heteroatoms. The Balaban J connectivity index is 1.49. The van der Waals surface area contributed by atoms with E-state index in [4.69, 9.17) is 9.84 Å². The molecule has 0 radical (unpaired) electrons. The molecule has 0 bridgehead atoms. The standard InChI is InChI=1S/C16H27N3O/c1-20-11-9-17-13-16(7-8-16)12-14-6-10-19(18-14)15-4-2-3-5-15/h6,10,15,17H,2-5,7-9,11-13H2,1H3. The summed E-state index contributed by atoms with van der Waals surface area (Å²) in [5, 5.41) is 8.34. The minimum Gasteiger partial charge on any atom is -0.383 e. The third kappa shape index (κ3) is 3.41. The predicted octanol–water partition coefficient (Wildman–Crippen LogP) is 2.56. The fraction of sp³-hybridized carbons (Fsp3) is 0.812. The van der Waals surface area contributed by atoms with Gasteiger partial charge in [0, 0.05) is 26.4 Å². The molecule has 2 aliphatic rings. The molecule has 0 spiro atoms. The maximum absolute atomic E-state index is 5.08. The van der Waals surface area contributed by atoms with Crippen LogP contribution in [0.15, 0.2) is 12.3 Å². The monoisotopic (exact) mass is 277 g/mol. The second-order valence-electron chi connectivity index (χ2n) is 6.57. The fourth-order valence-corrected chi connectivity index (χ4v) is 3.35. The quantitative estimate of drug-likeness (QED) is 0.742. The van der Waals surface area contributed by atoms with Gasteiger partial charge in [-0.15, -0.1) is 0 Å². The molecule has 3 rings (SSSR count). The van der Waals surface area contributed by atoms with Gasteiger partial charge in [-0.3, -0.25) is 4.68 Å². The predicted molar refractivity (Wildman–Crippen MR) is 79.8 cm³/mol. The average molecular weight is 277 g/mol. The highest BCUT2D eigenvalue weighted by Gasteiger charge is 2.42. The number of rotatable bonds is 8. The molecule has 0 unspecified atom stereocenters. The van der Waals surface area contributed by atoms with Gasteiger partial charge in [0.05, 0.1) is 18.3 Å². The van der Waals surface area contributed by atoms with Crippen LogP contribution in [0.5, 0.6) is 0 Å². The average Bonchev–Trinajstić information content (AvgIpc) is 2.87. The van der Waals surface area contributed by atoms with Gasteiger partial charge in [-0.1, -0.05) is 12.8 Å². The summed E-state index contributed by atoms with van der Waals surface area (Å²) >= 11 is 0. The number of ether oxygens (including phenoxy) is 1. The summed E-state index contributed by atoms with van der Waals surface area (Å²) in [4.78, 5) is 0. The Kier molecular flexibility index (Phi) is 4.41. The summed E-state index contributed by atoms with van der Waals surface area (Å²) in [7, 11) is 1.75. The highest BCUT2D eigenvalue weighted by atomic mass is 16.5. The lowest BCUT2D eigenvalue weighted by Crippen LogP contribution is -2.28. The lowest BCUT2D eigenvalue weighted by molar-refractivity contribution is 0.197. The fourth-order valence-electron chi connectivity index (χ4n) is 3.35. The van der Waals surface area contributed by atoms with Crippen LogP contribution in [-0.4, -0.2) is 36.6 Å². The van der Waals surface area contributed by atoms with Gasteiger partial charge in [-0.25, -0.2) is 0 Å². The Labute approximate surface area is 121 Å². The molecule has 0 saturated heterocycles. The van der Waals surface area contributed by atoms with E-state index >= 15 is 0 Å². The molecule has 1 heterocycles. The van der Waals surface area contributed by atoms with Gasteiger partial charge in [-0.05, 0) is 43.6 Å². The van der Waals surface area contributed by atoms with E-state index in [1.54, 1.807) is 7.11 Å². The zero-order chi connectivity index (χ0) is 13.8. The summed E-state index contributed by atoms with van der Waals surface area (Å²) in [5.41, 5.74) is 1.76. The van der Waals surface area contributed by atoms with Crippen molar-refractivity contribution in [2.45, 2.75) is 51.0 Å². The van der Waals surface area contributed by atoms with E-state index in [0.29, 0.717) is 11.5 Å². The smallest absolute Gasteiger partial charge is 0.0630 e. The maximum atomic E-state index is 5.08. The third-order valence-electron chi connectivity index (χ3n) is 4.86. The van der Waals surface area contributed by atoms with Crippen LogP contribution in [0.3, 0.4) is 0 Å². The molecule has 0 amide bonds. The molecular weight excluding hydrogens is 250 g/mol. The summed E-state index contributed by atoms with van der Waals surface area (Å²) in [6.07, 6.45) is 11.4. The number of nitrogens with zero attached hydrogens (tertiary/aromatic N) is 2. The Morgan fingerprint density at radius 1 is 1.40 bits per heavy atom. The lowest BCUT2D eigenvalue weighted by Gasteiger charge is -2.15. The van der Waals surface area contributed by atoms with Gasteiger partial charge in [0.1, 0.15) is 0 Å². The summed E-state index contributed by atoms with van der Waals surface area (Å²) in [5.74, 6) is 0. The van der Waals surface area contributed by atoms with E-state index < -0.39 is 0 Å². The van der Waals surface area contributed by atoms with Crippen molar-refractivity contribution in [1.82, 2.24) is 15.1 Å². The Hall–Kier alpha value is -0.870. The molecule has 1 aromatic rings. The number of methoxy groups -OCH3 is 1. The Bertz CT molecular complexity index is 419. The van der Waals surface area contributed by atoms with Crippen LogP contribution in [0.25, 0.3) is 0 Å². The van der Waals surface area contributed by atoms with Crippen LogP contribution in [0.1, 0.15) is 50.3 Å². The van der Waals surface area contributed by atoms with Gasteiger partial charge in [0.25, 0.3) is 0 Å². The molecule has 0 aliphatic heterocycles. The van der Waals surface area contributed by atoms with Crippen molar-refractivity contribution in [2.24, 2.45) is 5.41 Å². The van der Waals surface area contributed by atoms with E-state index in [1.165, 1.54) is 44.2 Å². The number of nitrogens with one attached hydrogen (secondary N) is 1. The van der Waals surface area contributed by atoms with Crippen LogP contribution in [0.4, 0.5) is 0 Å². The van der Waals surface area contributed by atoms with E-state index in [1.807, 2.05) is 0 Å². The first-order chi connectivity index (χ1) is 9.81. The van der Waals surface area contributed by atoms with Crippen LogP contribution >= 0.6 is 0 Å². The van der Waals surface area contributed by atoms with Crippen molar-refractivity contribution in [3.05, 3.63) is 18.0 Å². The molecule has 1 aromatic heterocycles. The summed E-state index contributed by atoms with van der Waals surface area (Å²) in [6.45, 7) is 2.85. The third-order valence-corrected chi connectivity index (χ3v) is 4.86. The van der Waals surface area contributed by atoms with Crippen molar-refractivity contribution in [3.63, 3.8) is 0 Å². The maximum Gasteiger partial charge on any atom is 0.0630 e. The van der Waals surface area contributed by atoms with Crippen molar-refractivity contribution >= 4 is 0 Å². The first kappa shape index (κ1) is 14.1. The van der Waals surface area contributed by atoms with Gasteiger partial charge in [0.15, 0.2) is 0 Å². The molecule has 0 atom stereocenters. The molecule has 20 heavy (non-hydrogen) atoms. The second kappa shape index (κ2) is 6.27. The molecule has 4 nitrogen and oxygen atoms in total. The first-order valence-electron chi connectivity index (χ1n) is 8.05. The molecule has 2 aliphatic carbocycles. The van der Waals surface area contributed by atoms with Gasteiger partial charge >= 0.3 is 0 Å². The topological polar surface area (TPSA) is 39.1 Å². The molecule has 0 aromatic carbocycles. The van der Waals surface area contributed by atoms with E-state index in [-0.39, 0.29) is 0 Å². The van der Waals surface area contributed by atoms with Crippen LogP contribution in [-0.2, 0) is 11.2 Å². The summed E-state index contributed by atoms with van der Waals surface area (Å²) < 4.78 is 7.30. The Morgan fingerprint density at radius 2 is 2.20 bits per heavy atom. The second-order valence-corrected chi connectivity index (χ2v) is 6.57. The highest BCUT2D eigenvalue weighted by molar-refractivity contribution is 5.09. The van der Waals surface area contributed by atoms with Gasteiger partial charge < -0.3 is 10.1 Å². The van der Waals surface area contributed by atoms with E-state index in [2.05, 4.69) is 22.3 Å². The Morgan fingerprint density at radius 3 is 2.90 bits per heavy atom. The van der Waals surface area contributed by atoms with Crippen molar-refractivity contribution in [1.29, 1.82) is 0 Å². The van der Waals surface area contributed by atoms with Crippen LogP contribution in [0.2, 0.25) is 0 Å². The van der Waals surface area contributed by atoms with E-state index in [0.717, 1.165) is 26.1 Å². The van der Waals surface area contributed by atoms with Crippen LogP contribution < -0.4 is 5.32 Å². The highest BCUT2D eigenvalue weighted by Crippen LogP contribution is 2.47. The molecule has 1 N–H and O–H groups in total. The molecular formula is C16H27N3O. The lowest BCUT2D eigenvalue weighted by atomic mass is 10.0. The van der Waals surface area contributed by atoms with E-state index in [9.17, 15) is 0 Å².